The molecule has 1 aromatic heterocycles. The van der Waals surface area contributed by atoms with Crippen LogP contribution in [0.4, 0.5) is 16.3 Å². The number of nitrogens with zero attached hydrogens (tertiary/aromatic N) is 2. The first-order valence-electron chi connectivity index (χ1n) is 7.69. The molecule has 6 heteroatoms. The van der Waals surface area contributed by atoms with Crippen molar-refractivity contribution >= 4 is 17.5 Å². The van der Waals surface area contributed by atoms with Gasteiger partial charge >= 0.3 is 6.03 Å². The molecule has 2 N–H and O–H groups in total. The third kappa shape index (κ3) is 3.64. The highest BCUT2D eigenvalue weighted by Gasteiger charge is 2.19. The summed E-state index contributed by atoms with van der Waals surface area (Å²) >= 11 is 0. The molecule has 0 radical (unpaired) electrons. The molecule has 114 valence electrons. The molecule has 1 unspecified atom stereocenters. The van der Waals surface area contributed by atoms with Crippen LogP contribution in [0.3, 0.4) is 0 Å². The van der Waals surface area contributed by atoms with E-state index in [1.807, 2.05) is 12.1 Å². The molecule has 3 heterocycles. The molecule has 21 heavy (non-hydrogen) atoms. The predicted molar refractivity (Wildman–Crippen MR) is 81.7 cm³/mol. The lowest BCUT2D eigenvalue weighted by atomic mass is 10.2. The van der Waals surface area contributed by atoms with Crippen molar-refractivity contribution in [3.63, 3.8) is 0 Å². The number of carbonyl (C=O) groups is 1. The first kappa shape index (κ1) is 14.1. The SMILES string of the molecule is O=C(NCC1CCCO1)Nc1cccnc1N1CCCC1. The molecule has 0 aromatic carbocycles. The molecule has 2 aliphatic heterocycles. The largest absolute Gasteiger partial charge is 0.376 e. The summed E-state index contributed by atoms with van der Waals surface area (Å²) in [4.78, 5) is 18.6. The number of nitrogens with one attached hydrogen (secondary N) is 2. The van der Waals surface area contributed by atoms with Gasteiger partial charge in [0.05, 0.1) is 11.8 Å². The van der Waals surface area contributed by atoms with Gasteiger partial charge in [0.15, 0.2) is 5.82 Å². The fourth-order valence-corrected chi connectivity index (χ4v) is 2.85. The van der Waals surface area contributed by atoms with E-state index in [1.165, 1.54) is 12.8 Å². The van der Waals surface area contributed by atoms with Crippen molar-refractivity contribution < 1.29 is 9.53 Å². The summed E-state index contributed by atoms with van der Waals surface area (Å²) in [5, 5.41) is 5.77. The van der Waals surface area contributed by atoms with Crippen LogP contribution in [0.5, 0.6) is 0 Å². The summed E-state index contributed by atoms with van der Waals surface area (Å²) < 4.78 is 5.50. The number of rotatable bonds is 4. The van der Waals surface area contributed by atoms with Crippen molar-refractivity contribution in [2.45, 2.75) is 31.8 Å². The lowest BCUT2D eigenvalue weighted by Gasteiger charge is -2.20. The molecule has 6 nitrogen and oxygen atoms in total. The van der Waals surface area contributed by atoms with Gasteiger partial charge in [0.2, 0.25) is 0 Å². The van der Waals surface area contributed by atoms with E-state index in [0.717, 1.165) is 44.0 Å². The van der Waals surface area contributed by atoms with E-state index in [1.54, 1.807) is 6.20 Å². The second kappa shape index (κ2) is 6.76. The number of hydrogen-bond acceptors (Lipinski definition) is 4. The fraction of sp³-hybridized carbons (Fsp3) is 0.600. The van der Waals surface area contributed by atoms with Crippen molar-refractivity contribution in [1.82, 2.24) is 10.3 Å². The Bertz CT molecular complexity index is 482. The van der Waals surface area contributed by atoms with Crippen LogP contribution in [0.2, 0.25) is 0 Å². The number of pyridine rings is 1. The molecule has 3 rings (SSSR count). The predicted octanol–water partition coefficient (Wildman–Crippen LogP) is 1.98. The van der Waals surface area contributed by atoms with Gasteiger partial charge in [-0.05, 0) is 37.8 Å². The smallest absolute Gasteiger partial charge is 0.319 e. The van der Waals surface area contributed by atoms with Crippen LogP contribution in [0.15, 0.2) is 18.3 Å². The van der Waals surface area contributed by atoms with Gasteiger partial charge in [-0.15, -0.1) is 0 Å². The molecular formula is C15H22N4O2. The van der Waals surface area contributed by atoms with E-state index in [9.17, 15) is 4.79 Å². The number of ether oxygens (including phenoxy) is 1. The van der Waals surface area contributed by atoms with Crippen molar-refractivity contribution in [3.05, 3.63) is 18.3 Å². The Hall–Kier alpha value is -1.82. The van der Waals surface area contributed by atoms with Crippen LogP contribution in [-0.2, 0) is 4.74 Å². The monoisotopic (exact) mass is 290 g/mol. The number of amides is 2. The Morgan fingerprint density at radius 3 is 3.00 bits per heavy atom. The standard InChI is InChI=1S/C15H22N4O2/c20-15(17-11-12-5-4-10-21-12)18-13-6-3-7-16-14(13)19-8-1-2-9-19/h3,6-7,12H,1-2,4-5,8-11H2,(H2,17,18,20). The average Bonchev–Trinajstić information content (AvgIpc) is 3.19. The maximum Gasteiger partial charge on any atom is 0.319 e. The second-order valence-corrected chi connectivity index (χ2v) is 5.54. The lowest BCUT2D eigenvalue weighted by Crippen LogP contribution is -2.35. The highest BCUT2D eigenvalue weighted by Crippen LogP contribution is 2.25. The van der Waals surface area contributed by atoms with Crippen LogP contribution in [0.1, 0.15) is 25.7 Å². The third-order valence-corrected chi connectivity index (χ3v) is 3.95. The van der Waals surface area contributed by atoms with Crippen molar-refractivity contribution in [3.8, 4) is 0 Å². The van der Waals surface area contributed by atoms with Crippen molar-refractivity contribution in [1.29, 1.82) is 0 Å². The summed E-state index contributed by atoms with van der Waals surface area (Å²) in [6, 6.07) is 3.54. The Balaban J connectivity index is 1.57. The second-order valence-electron chi connectivity index (χ2n) is 5.54. The minimum absolute atomic E-state index is 0.155. The third-order valence-electron chi connectivity index (χ3n) is 3.95. The van der Waals surface area contributed by atoms with Crippen LogP contribution in [0.25, 0.3) is 0 Å². The summed E-state index contributed by atoms with van der Waals surface area (Å²) in [5.74, 6) is 0.863. The number of anilines is 2. The van der Waals surface area contributed by atoms with E-state index >= 15 is 0 Å². The highest BCUT2D eigenvalue weighted by molar-refractivity contribution is 5.92. The number of aromatic nitrogens is 1. The van der Waals surface area contributed by atoms with E-state index in [2.05, 4.69) is 20.5 Å². The number of carbonyl (C=O) groups excluding carboxylic acids is 1. The Morgan fingerprint density at radius 2 is 2.24 bits per heavy atom. The van der Waals surface area contributed by atoms with Crippen LogP contribution in [0, 0.1) is 0 Å². The molecule has 1 atom stereocenters. The molecule has 0 bridgehead atoms. The van der Waals surface area contributed by atoms with Gasteiger partial charge in [-0.3, -0.25) is 0 Å². The zero-order valence-corrected chi connectivity index (χ0v) is 12.2. The molecule has 2 fully saturated rings. The molecule has 2 saturated heterocycles. The minimum Gasteiger partial charge on any atom is -0.376 e. The van der Waals surface area contributed by atoms with Crippen molar-refractivity contribution in [2.75, 3.05) is 36.5 Å². The van der Waals surface area contributed by atoms with Gasteiger partial charge in [0.25, 0.3) is 0 Å². The zero-order valence-electron chi connectivity index (χ0n) is 12.2. The van der Waals surface area contributed by atoms with Gasteiger partial charge in [0, 0.05) is 32.4 Å². The minimum atomic E-state index is -0.195. The maximum absolute atomic E-state index is 12.0. The van der Waals surface area contributed by atoms with E-state index in [4.69, 9.17) is 4.74 Å². The van der Waals surface area contributed by atoms with Gasteiger partial charge in [-0.25, -0.2) is 9.78 Å². The topological polar surface area (TPSA) is 66.5 Å². The highest BCUT2D eigenvalue weighted by atomic mass is 16.5. The van der Waals surface area contributed by atoms with Crippen LogP contribution < -0.4 is 15.5 Å². The van der Waals surface area contributed by atoms with Gasteiger partial charge < -0.3 is 20.3 Å². The maximum atomic E-state index is 12.0. The van der Waals surface area contributed by atoms with Crippen LogP contribution in [-0.4, -0.2) is 43.4 Å². The summed E-state index contributed by atoms with van der Waals surface area (Å²) in [7, 11) is 0. The number of urea groups is 1. The van der Waals surface area contributed by atoms with E-state index in [-0.39, 0.29) is 12.1 Å². The first-order valence-corrected chi connectivity index (χ1v) is 7.69. The summed E-state index contributed by atoms with van der Waals surface area (Å²) in [6.45, 7) is 3.37. The van der Waals surface area contributed by atoms with E-state index in [0.29, 0.717) is 6.54 Å². The van der Waals surface area contributed by atoms with Crippen LogP contribution >= 0.6 is 0 Å². The molecule has 1 aromatic rings. The molecule has 0 spiro atoms. The van der Waals surface area contributed by atoms with Gasteiger partial charge in [0.1, 0.15) is 0 Å². The average molecular weight is 290 g/mol. The van der Waals surface area contributed by atoms with Gasteiger partial charge in [-0.1, -0.05) is 0 Å². The van der Waals surface area contributed by atoms with Crippen molar-refractivity contribution in [2.24, 2.45) is 0 Å². The number of hydrogen-bond donors (Lipinski definition) is 2. The molecule has 0 aliphatic carbocycles. The molecular weight excluding hydrogens is 268 g/mol. The lowest BCUT2D eigenvalue weighted by molar-refractivity contribution is 0.112. The van der Waals surface area contributed by atoms with E-state index < -0.39 is 0 Å². The quantitative estimate of drug-likeness (QED) is 0.890. The van der Waals surface area contributed by atoms with Gasteiger partial charge in [-0.2, -0.15) is 0 Å². The summed E-state index contributed by atoms with van der Waals surface area (Å²) in [5.41, 5.74) is 0.768. The summed E-state index contributed by atoms with van der Waals surface area (Å²) in [6.07, 6.45) is 6.38. The Morgan fingerprint density at radius 1 is 1.38 bits per heavy atom. The molecule has 2 amide bonds. The molecule has 0 saturated carbocycles. The first-order chi connectivity index (χ1) is 10.3. The molecule has 2 aliphatic rings. The zero-order chi connectivity index (χ0) is 14.5. The fourth-order valence-electron chi connectivity index (χ4n) is 2.85. The normalized spacial score (nSPS) is 21.5. The Kier molecular flexibility index (Phi) is 4.55. The Labute approximate surface area is 124 Å².